The molecule has 0 atom stereocenters. The smallest absolute Gasteiger partial charge is 0.0726 e. The van der Waals surface area contributed by atoms with Crippen molar-refractivity contribution in [3.63, 3.8) is 0 Å². The summed E-state index contributed by atoms with van der Waals surface area (Å²) in [5.41, 5.74) is 23.6. The summed E-state index contributed by atoms with van der Waals surface area (Å²) < 4.78 is 0. The van der Waals surface area contributed by atoms with Crippen molar-refractivity contribution < 1.29 is 0 Å². The molecule has 0 unspecified atom stereocenters. The van der Waals surface area contributed by atoms with Gasteiger partial charge in [-0.15, -0.1) is 0 Å². The van der Waals surface area contributed by atoms with Crippen LogP contribution in [0.2, 0.25) is 0 Å². The normalized spacial score (nSPS) is 14.1. The zero-order chi connectivity index (χ0) is 41.9. The first-order valence-electron chi connectivity index (χ1n) is 22.2. The Kier molecular flexibility index (Phi) is 7.64. The average Bonchev–Trinajstić information content (AvgIpc) is 3.91. The van der Waals surface area contributed by atoms with E-state index in [9.17, 15) is 0 Å². The topological polar surface area (TPSA) is 3.24 Å². The Bertz CT molecular complexity index is 3430. The molecule has 296 valence electrons. The quantitative estimate of drug-likeness (QED) is 0.168. The van der Waals surface area contributed by atoms with Crippen LogP contribution in [0, 0.1) is 0 Å². The lowest BCUT2D eigenvalue weighted by molar-refractivity contribution is 0.661. The highest BCUT2D eigenvalue weighted by molar-refractivity contribution is 6.08. The fourth-order valence-corrected chi connectivity index (χ4v) is 11.8. The molecule has 0 radical (unpaired) electrons. The number of fused-ring (bicyclic) bond motifs is 15. The van der Waals surface area contributed by atoms with Crippen molar-refractivity contribution in [3.05, 3.63) is 258 Å². The molecule has 63 heavy (non-hydrogen) atoms. The molecule has 3 aliphatic rings. The van der Waals surface area contributed by atoms with Crippen LogP contribution in [0.15, 0.2) is 224 Å². The minimum Gasteiger partial charge on any atom is -0.309 e. The molecule has 13 rings (SSSR count). The molecule has 0 heterocycles. The number of para-hydroxylation sites is 2. The second-order valence-electron chi connectivity index (χ2n) is 17.9. The standard InChI is InChI=1S/C62H43N/c1-61(2)54-32-18-28-50(60(54)59-44-23-7-6-21-41(44)35-38-55(59)61)49-27-12-17-34-58(49)63(57-33-16-11-22-43(57)40-19-4-3-5-20-40)42-36-37-48-47-26-10-15-31-53(47)62(56(48)39-42)51-29-13-8-24-45(51)46-25-9-14-30-52(46)62/h3-39H,1-2H3. The fraction of sp³-hybridized carbons (Fsp3) is 0.0645. The van der Waals surface area contributed by atoms with Gasteiger partial charge in [-0.05, 0) is 113 Å². The minimum absolute atomic E-state index is 0.156. The van der Waals surface area contributed by atoms with Crippen LogP contribution >= 0.6 is 0 Å². The predicted octanol–water partition coefficient (Wildman–Crippen LogP) is 16.3. The predicted molar refractivity (Wildman–Crippen MR) is 263 cm³/mol. The van der Waals surface area contributed by atoms with Crippen LogP contribution in [-0.4, -0.2) is 0 Å². The van der Waals surface area contributed by atoms with Crippen molar-refractivity contribution in [1.29, 1.82) is 0 Å². The highest BCUT2D eigenvalue weighted by Crippen LogP contribution is 2.64. The molecular weight excluding hydrogens is 759 g/mol. The molecule has 1 nitrogen and oxygen atoms in total. The van der Waals surface area contributed by atoms with E-state index in [4.69, 9.17) is 0 Å². The third-order valence-corrected chi connectivity index (χ3v) is 14.5. The second-order valence-corrected chi connectivity index (χ2v) is 17.9. The highest BCUT2D eigenvalue weighted by atomic mass is 15.1. The molecule has 0 amide bonds. The van der Waals surface area contributed by atoms with Crippen molar-refractivity contribution >= 4 is 27.8 Å². The van der Waals surface area contributed by atoms with Gasteiger partial charge in [0.15, 0.2) is 0 Å². The largest absolute Gasteiger partial charge is 0.309 e. The van der Waals surface area contributed by atoms with E-state index in [1.165, 1.54) is 99.8 Å². The van der Waals surface area contributed by atoms with E-state index in [0.29, 0.717) is 0 Å². The van der Waals surface area contributed by atoms with Crippen molar-refractivity contribution in [1.82, 2.24) is 0 Å². The molecule has 0 fully saturated rings. The maximum atomic E-state index is 2.55. The zero-order valence-corrected chi connectivity index (χ0v) is 35.3. The summed E-state index contributed by atoms with van der Waals surface area (Å²) in [5.74, 6) is 0. The van der Waals surface area contributed by atoms with E-state index in [0.717, 1.165) is 17.1 Å². The second kappa shape index (κ2) is 13.4. The van der Waals surface area contributed by atoms with Gasteiger partial charge in [0.1, 0.15) is 0 Å². The van der Waals surface area contributed by atoms with Crippen molar-refractivity contribution in [2.45, 2.75) is 24.7 Å². The summed E-state index contributed by atoms with van der Waals surface area (Å²) in [4.78, 5) is 2.55. The van der Waals surface area contributed by atoms with Gasteiger partial charge in [0.25, 0.3) is 0 Å². The van der Waals surface area contributed by atoms with Crippen molar-refractivity contribution in [2.75, 3.05) is 4.90 Å². The first kappa shape index (κ1) is 36.0. The summed E-state index contributed by atoms with van der Waals surface area (Å²) in [7, 11) is 0. The number of benzene rings is 10. The highest BCUT2D eigenvalue weighted by Gasteiger charge is 2.51. The number of rotatable bonds is 5. The lowest BCUT2D eigenvalue weighted by atomic mass is 9.70. The van der Waals surface area contributed by atoms with Crippen LogP contribution < -0.4 is 4.90 Å². The van der Waals surface area contributed by atoms with Crippen LogP contribution in [0.4, 0.5) is 17.1 Å². The minimum atomic E-state index is -0.462. The van der Waals surface area contributed by atoms with Gasteiger partial charge in [-0.25, -0.2) is 0 Å². The Morgan fingerprint density at radius 2 is 0.810 bits per heavy atom. The average molecular weight is 802 g/mol. The number of hydrogen-bond donors (Lipinski definition) is 0. The Hall–Kier alpha value is -7.74. The lowest BCUT2D eigenvalue weighted by Crippen LogP contribution is -2.26. The number of anilines is 3. The van der Waals surface area contributed by atoms with E-state index >= 15 is 0 Å². The van der Waals surface area contributed by atoms with Gasteiger partial charge >= 0.3 is 0 Å². The van der Waals surface area contributed by atoms with Crippen LogP contribution in [0.5, 0.6) is 0 Å². The molecule has 0 bridgehead atoms. The van der Waals surface area contributed by atoms with Gasteiger partial charge in [-0.1, -0.05) is 214 Å². The van der Waals surface area contributed by atoms with E-state index in [1.807, 2.05) is 0 Å². The first-order valence-corrected chi connectivity index (χ1v) is 22.2. The summed E-state index contributed by atoms with van der Waals surface area (Å²) in [5, 5.41) is 2.57. The monoisotopic (exact) mass is 801 g/mol. The van der Waals surface area contributed by atoms with E-state index in [1.54, 1.807) is 0 Å². The van der Waals surface area contributed by atoms with Crippen molar-refractivity contribution in [3.8, 4) is 55.6 Å². The zero-order valence-electron chi connectivity index (χ0n) is 35.3. The third kappa shape index (κ3) is 4.88. The molecule has 0 aliphatic heterocycles. The fourth-order valence-electron chi connectivity index (χ4n) is 11.8. The lowest BCUT2D eigenvalue weighted by Gasteiger charge is -2.33. The molecule has 10 aromatic rings. The number of hydrogen-bond acceptors (Lipinski definition) is 1. The van der Waals surface area contributed by atoms with Gasteiger partial charge in [-0.3, -0.25) is 0 Å². The van der Waals surface area contributed by atoms with Gasteiger partial charge < -0.3 is 4.90 Å². The molecule has 3 aliphatic carbocycles. The van der Waals surface area contributed by atoms with Crippen LogP contribution in [0.3, 0.4) is 0 Å². The van der Waals surface area contributed by atoms with E-state index in [-0.39, 0.29) is 5.41 Å². The Morgan fingerprint density at radius 1 is 0.317 bits per heavy atom. The van der Waals surface area contributed by atoms with Gasteiger partial charge in [0.2, 0.25) is 0 Å². The Morgan fingerprint density at radius 3 is 1.49 bits per heavy atom. The Labute approximate surface area is 369 Å². The van der Waals surface area contributed by atoms with E-state index < -0.39 is 5.41 Å². The molecule has 0 saturated carbocycles. The molecule has 1 heteroatoms. The van der Waals surface area contributed by atoms with Crippen LogP contribution in [-0.2, 0) is 10.8 Å². The summed E-state index contributed by atoms with van der Waals surface area (Å²) in [6.07, 6.45) is 0. The maximum absolute atomic E-state index is 2.55. The van der Waals surface area contributed by atoms with Crippen molar-refractivity contribution in [2.24, 2.45) is 0 Å². The van der Waals surface area contributed by atoms with E-state index in [2.05, 4.69) is 243 Å². The maximum Gasteiger partial charge on any atom is 0.0726 e. The molecule has 0 N–H and O–H groups in total. The molecule has 0 saturated heterocycles. The summed E-state index contributed by atoms with van der Waals surface area (Å²) >= 11 is 0. The van der Waals surface area contributed by atoms with Crippen LogP contribution in [0.25, 0.3) is 66.4 Å². The van der Waals surface area contributed by atoms with Gasteiger partial charge in [0, 0.05) is 22.2 Å². The molecule has 1 spiro atoms. The third-order valence-electron chi connectivity index (χ3n) is 14.5. The van der Waals surface area contributed by atoms with Gasteiger partial charge in [-0.2, -0.15) is 0 Å². The number of nitrogens with zero attached hydrogens (tertiary/aromatic N) is 1. The summed E-state index contributed by atoms with van der Waals surface area (Å²) in [6, 6.07) is 84.0. The van der Waals surface area contributed by atoms with Crippen LogP contribution in [0.1, 0.15) is 47.2 Å². The Balaban J connectivity index is 1.11. The molecular formula is C62H43N. The van der Waals surface area contributed by atoms with Gasteiger partial charge in [0.05, 0.1) is 16.8 Å². The molecule has 0 aromatic heterocycles. The summed E-state index contributed by atoms with van der Waals surface area (Å²) in [6.45, 7) is 4.78. The first-order chi connectivity index (χ1) is 31.0. The molecule has 10 aromatic carbocycles. The SMILES string of the molecule is CC1(C)c2cccc(-c3ccccc3N(c3ccc4c(c3)C3(c5ccccc5-c5ccccc53)c3ccccc3-4)c3ccccc3-c3ccccc3)c2-c2c1ccc1ccccc21.